The van der Waals surface area contributed by atoms with Crippen LogP contribution in [0.25, 0.3) is 0 Å². The summed E-state index contributed by atoms with van der Waals surface area (Å²) in [5, 5.41) is 6.11. The van der Waals surface area contributed by atoms with Gasteiger partial charge in [-0.2, -0.15) is 0 Å². The Balaban J connectivity index is 1.82. The first-order valence-electron chi connectivity index (χ1n) is 7.73. The van der Waals surface area contributed by atoms with E-state index in [-0.39, 0.29) is 5.91 Å². The van der Waals surface area contributed by atoms with Crippen LogP contribution in [-0.2, 0) is 11.2 Å². The normalized spacial score (nSPS) is 10.6. The largest absolute Gasteiger partial charge is 0.383 e. The lowest BCUT2D eigenvalue weighted by Gasteiger charge is -2.11. The number of amides is 1. The smallest absolute Gasteiger partial charge is 0.229 e. The summed E-state index contributed by atoms with van der Waals surface area (Å²) in [4.78, 5) is 18.4. The number of hydrogen-bond donors (Lipinski definition) is 2. The monoisotopic (exact) mass is 312 g/mol. The SMILES string of the molecule is Cc1ccc(CC(=O)Nc2ccc(NCCN(C)C)cn2)cc1. The van der Waals surface area contributed by atoms with Crippen molar-refractivity contribution in [3.8, 4) is 0 Å². The third-order valence-corrected chi connectivity index (χ3v) is 3.40. The third kappa shape index (κ3) is 6.08. The Labute approximate surface area is 137 Å². The number of pyridine rings is 1. The molecule has 23 heavy (non-hydrogen) atoms. The van der Waals surface area contributed by atoms with E-state index in [1.165, 1.54) is 5.56 Å². The Morgan fingerprint density at radius 3 is 2.48 bits per heavy atom. The molecule has 5 heteroatoms. The second-order valence-electron chi connectivity index (χ2n) is 5.87. The maximum Gasteiger partial charge on any atom is 0.229 e. The predicted molar refractivity (Wildman–Crippen MR) is 94.8 cm³/mol. The first kappa shape index (κ1) is 17.0. The maximum atomic E-state index is 12.0. The van der Waals surface area contributed by atoms with Crippen molar-refractivity contribution in [2.75, 3.05) is 37.8 Å². The molecule has 0 radical (unpaired) electrons. The van der Waals surface area contributed by atoms with Crippen LogP contribution >= 0.6 is 0 Å². The molecule has 0 saturated carbocycles. The van der Waals surface area contributed by atoms with E-state index in [1.807, 2.05) is 57.4 Å². The summed E-state index contributed by atoms with van der Waals surface area (Å²) in [6.07, 6.45) is 2.09. The van der Waals surface area contributed by atoms with Gasteiger partial charge in [-0.1, -0.05) is 29.8 Å². The Bertz CT molecular complexity index is 620. The first-order valence-corrected chi connectivity index (χ1v) is 7.73. The van der Waals surface area contributed by atoms with E-state index in [0.29, 0.717) is 12.2 Å². The second kappa shape index (κ2) is 8.29. The highest BCUT2D eigenvalue weighted by Gasteiger charge is 2.05. The molecule has 0 bridgehead atoms. The number of nitrogens with one attached hydrogen (secondary N) is 2. The lowest BCUT2D eigenvalue weighted by molar-refractivity contribution is -0.115. The molecule has 1 heterocycles. The highest BCUT2D eigenvalue weighted by atomic mass is 16.1. The minimum absolute atomic E-state index is 0.0605. The average molecular weight is 312 g/mol. The fourth-order valence-electron chi connectivity index (χ4n) is 2.07. The zero-order valence-electron chi connectivity index (χ0n) is 14.0. The first-order chi connectivity index (χ1) is 11.0. The van der Waals surface area contributed by atoms with Crippen LogP contribution in [0.15, 0.2) is 42.6 Å². The molecule has 0 aliphatic heterocycles. The van der Waals surface area contributed by atoms with E-state index in [9.17, 15) is 4.79 Å². The molecule has 2 rings (SSSR count). The Kier molecular flexibility index (Phi) is 6.11. The molecular formula is C18H24N4O. The van der Waals surface area contributed by atoms with Crippen LogP contribution < -0.4 is 10.6 Å². The molecule has 0 aliphatic carbocycles. The predicted octanol–water partition coefficient (Wildman–Crippen LogP) is 2.54. The van der Waals surface area contributed by atoms with Gasteiger partial charge in [0.05, 0.1) is 18.3 Å². The number of nitrogens with zero attached hydrogens (tertiary/aromatic N) is 2. The van der Waals surface area contributed by atoms with E-state index >= 15 is 0 Å². The van der Waals surface area contributed by atoms with Gasteiger partial charge in [0.2, 0.25) is 5.91 Å². The number of aromatic nitrogens is 1. The summed E-state index contributed by atoms with van der Waals surface area (Å²) >= 11 is 0. The fraction of sp³-hybridized carbons (Fsp3) is 0.333. The van der Waals surface area contributed by atoms with Crippen molar-refractivity contribution in [2.24, 2.45) is 0 Å². The van der Waals surface area contributed by atoms with Crippen LogP contribution in [0.4, 0.5) is 11.5 Å². The van der Waals surface area contributed by atoms with Gasteiger partial charge in [-0.25, -0.2) is 4.98 Å². The molecule has 0 spiro atoms. The summed E-state index contributed by atoms with van der Waals surface area (Å²) in [6, 6.07) is 11.7. The molecule has 122 valence electrons. The maximum absolute atomic E-state index is 12.0. The highest BCUT2D eigenvalue weighted by molar-refractivity contribution is 5.91. The van der Waals surface area contributed by atoms with Gasteiger partial charge in [-0.15, -0.1) is 0 Å². The van der Waals surface area contributed by atoms with Crippen molar-refractivity contribution in [2.45, 2.75) is 13.3 Å². The van der Waals surface area contributed by atoms with Gasteiger partial charge >= 0.3 is 0 Å². The molecule has 2 aromatic rings. The number of rotatable bonds is 7. The molecule has 1 aromatic carbocycles. The minimum Gasteiger partial charge on any atom is -0.383 e. The molecule has 1 amide bonds. The fourth-order valence-corrected chi connectivity index (χ4v) is 2.07. The molecule has 0 saturated heterocycles. The van der Waals surface area contributed by atoms with Gasteiger partial charge in [0.1, 0.15) is 5.82 Å². The van der Waals surface area contributed by atoms with Crippen molar-refractivity contribution in [3.05, 3.63) is 53.7 Å². The van der Waals surface area contributed by atoms with Gasteiger partial charge in [0.15, 0.2) is 0 Å². The van der Waals surface area contributed by atoms with Gasteiger partial charge in [-0.3, -0.25) is 4.79 Å². The van der Waals surface area contributed by atoms with Crippen LogP contribution in [0.3, 0.4) is 0 Å². The standard InChI is InChI=1S/C18H24N4O/c1-14-4-6-15(7-5-14)12-18(23)21-17-9-8-16(13-20-17)19-10-11-22(2)3/h4-9,13,19H,10-12H2,1-3H3,(H,20,21,23). The number of carbonyl (C=O) groups excluding carboxylic acids is 1. The Morgan fingerprint density at radius 2 is 1.87 bits per heavy atom. The molecule has 0 unspecified atom stereocenters. The van der Waals surface area contributed by atoms with Crippen LogP contribution in [0.5, 0.6) is 0 Å². The number of hydrogen-bond acceptors (Lipinski definition) is 4. The Hall–Kier alpha value is -2.40. The van der Waals surface area contributed by atoms with Crippen LogP contribution in [-0.4, -0.2) is 43.0 Å². The van der Waals surface area contributed by atoms with E-state index < -0.39 is 0 Å². The van der Waals surface area contributed by atoms with Gasteiger partial charge < -0.3 is 15.5 Å². The van der Waals surface area contributed by atoms with Crippen LogP contribution in [0, 0.1) is 6.92 Å². The van der Waals surface area contributed by atoms with Crippen molar-refractivity contribution < 1.29 is 4.79 Å². The van der Waals surface area contributed by atoms with Crippen molar-refractivity contribution in [1.82, 2.24) is 9.88 Å². The zero-order chi connectivity index (χ0) is 16.7. The molecule has 5 nitrogen and oxygen atoms in total. The summed E-state index contributed by atoms with van der Waals surface area (Å²) in [5.41, 5.74) is 3.13. The second-order valence-corrected chi connectivity index (χ2v) is 5.87. The average Bonchev–Trinajstić information content (AvgIpc) is 2.51. The molecular weight excluding hydrogens is 288 g/mol. The minimum atomic E-state index is -0.0605. The van der Waals surface area contributed by atoms with Crippen LogP contribution in [0.1, 0.15) is 11.1 Å². The zero-order valence-corrected chi connectivity index (χ0v) is 14.0. The van der Waals surface area contributed by atoms with Crippen molar-refractivity contribution in [3.63, 3.8) is 0 Å². The summed E-state index contributed by atoms with van der Waals surface area (Å²) < 4.78 is 0. The molecule has 2 N–H and O–H groups in total. The van der Waals surface area contributed by atoms with Gasteiger partial charge in [0.25, 0.3) is 0 Å². The van der Waals surface area contributed by atoms with E-state index in [4.69, 9.17) is 0 Å². The third-order valence-electron chi connectivity index (χ3n) is 3.40. The summed E-state index contributed by atoms with van der Waals surface area (Å²) in [7, 11) is 4.07. The van der Waals surface area contributed by atoms with Crippen molar-refractivity contribution >= 4 is 17.4 Å². The molecule has 0 aliphatic rings. The molecule has 1 aromatic heterocycles. The molecule has 0 atom stereocenters. The number of likely N-dealkylation sites (N-methyl/N-ethyl adjacent to an activating group) is 1. The van der Waals surface area contributed by atoms with Gasteiger partial charge in [-0.05, 0) is 38.7 Å². The number of benzene rings is 1. The van der Waals surface area contributed by atoms with Crippen molar-refractivity contribution in [1.29, 1.82) is 0 Å². The molecule has 0 fully saturated rings. The number of aryl methyl sites for hydroxylation is 1. The lowest BCUT2D eigenvalue weighted by atomic mass is 10.1. The van der Waals surface area contributed by atoms with E-state index in [2.05, 4.69) is 20.5 Å². The topological polar surface area (TPSA) is 57.3 Å². The quantitative estimate of drug-likeness (QED) is 0.825. The number of carbonyl (C=O) groups is 1. The summed E-state index contributed by atoms with van der Waals surface area (Å²) in [6.45, 7) is 3.84. The summed E-state index contributed by atoms with van der Waals surface area (Å²) in [5.74, 6) is 0.509. The van der Waals surface area contributed by atoms with Gasteiger partial charge in [0, 0.05) is 13.1 Å². The Morgan fingerprint density at radius 1 is 1.13 bits per heavy atom. The highest BCUT2D eigenvalue weighted by Crippen LogP contribution is 2.10. The van der Waals surface area contributed by atoms with Crippen LogP contribution in [0.2, 0.25) is 0 Å². The number of anilines is 2. The lowest BCUT2D eigenvalue weighted by Crippen LogP contribution is -2.20. The van der Waals surface area contributed by atoms with E-state index in [0.717, 1.165) is 24.3 Å². The van der Waals surface area contributed by atoms with E-state index in [1.54, 1.807) is 6.20 Å².